The number of carbonyl (C=O) groups excluding carboxylic acids is 1. The number of rotatable bonds is 6. The van der Waals surface area contributed by atoms with Crippen molar-refractivity contribution in [2.24, 2.45) is 5.10 Å². The van der Waals surface area contributed by atoms with Gasteiger partial charge in [0.1, 0.15) is 12.4 Å². The molecule has 6 heteroatoms. The molecule has 1 amide bonds. The largest absolute Gasteiger partial charge is 0.487 e. The summed E-state index contributed by atoms with van der Waals surface area (Å²) < 4.78 is 7.50. The third-order valence-electron chi connectivity index (χ3n) is 3.91. The number of nitrogens with zero attached hydrogens (tertiary/aromatic N) is 1. The van der Waals surface area contributed by atoms with Gasteiger partial charge in [-0.25, -0.2) is 5.43 Å². The molecule has 3 aromatic carbocycles. The molecule has 0 aliphatic heterocycles. The van der Waals surface area contributed by atoms with Crippen LogP contribution in [0.2, 0.25) is 0 Å². The molecule has 0 aliphatic carbocycles. The molecule has 0 aromatic heterocycles. The smallest absolute Gasteiger partial charge is 0.271 e. The van der Waals surface area contributed by atoms with E-state index in [1.807, 2.05) is 67.6 Å². The lowest BCUT2D eigenvalue weighted by atomic mass is 10.1. The van der Waals surface area contributed by atoms with E-state index in [0.717, 1.165) is 25.6 Å². The first-order chi connectivity index (χ1) is 13.5. The molecule has 0 heterocycles. The molecule has 0 unspecified atom stereocenters. The Labute approximate surface area is 180 Å². The van der Waals surface area contributed by atoms with Gasteiger partial charge in [-0.3, -0.25) is 4.79 Å². The molecule has 0 aliphatic rings. The summed E-state index contributed by atoms with van der Waals surface area (Å²) in [6.07, 6.45) is 1.59. The van der Waals surface area contributed by atoms with Crippen molar-refractivity contribution in [3.05, 3.63) is 97.9 Å². The second kappa shape index (κ2) is 9.66. The minimum atomic E-state index is -0.249. The van der Waals surface area contributed by atoms with Crippen molar-refractivity contribution in [1.82, 2.24) is 5.43 Å². The number of amides is 1. The van der Waals surface area contributed by atoms with E-state index >= 15 is 0 Å². The molecule has 4 nitrogen and oxygen atoms in total. The molecule has 0 fully saturated rings. The van der Waals surface area contributed by atoms with Crippen LogP contribution in [-0.2, 0) is 6.61 Å². The van der Waals surface area contributed by atoms with Gasteiger partial charge in [0, 0.05) is 5.56 Å². The Bertz CT molecular complexity index is 981. The molecular formula is C22H18Br2N2O2. The van der Waals surface area contributed by atoms with Crippen LogP contribution in [0.5, 0.6) is 5.75 Å². The van der Waals surface area contributed by atoms with Gasteiger partial charge in [-0.15, -0.1) is 0 Å². The third-order valence-corrected chi connectivity index (χ3v) is 5.08. The second-order valence-electron chi connectivity index (χ2n) is 6.16. The van der Waals surface area contributed by atoms with Crippen molar-refractivity contribution in [2.75, 3.05) is 0 Å². The number of ether oxygens (including phenoxy) is 1. The van der Waals surface area contributed by atoms with Crippen LogP contribution in [-0.4, -0.2) is 12.1 Å². The molecule has 0 saturated carbocycles. The SMILES string of the molecule is Cc1cccc(C(=O)N/N=C/c2cc(Br)c(OCc3ccccc3)c(Br)c2)c1. The predicted molar refractivity (Wildman–Crippen MR) is 119 cm³/mol. The molecule has 3 aromatic rings. The molecule has 28 heavy (non-hydrogen) atoms. The summed E-state index contributed by atoms with van der Waals surface area (Å²) in [4.78, 5) is 12.1. The maximum atomic E-state index is 12.1. The number of hydrogen-bond acceptors (Lipinski definition) is 3. The van der Waals surface area contributed by atoms with Crippen LogP contribution >= 0.6 is 31.9 Å². The standard InChI is InChI=1S/C22H18Br2N2O2/c1-15-6-5-9-18(10-15)22(27)26-25-13-17-11-19(23)21(20(24)12-17)28-14-16-7-3-2-4-8-16/h2-13H,14H2,1H3,(H,26,27)/b25-13+. The molecule has 0 radical (unpaired) electrons. The highest BCUT2D eigenvalue weighted by molar-refractivity contribution is 9.11. The lowest BCUT2D eigenvalue weighted by Crippen LogP contribution is -2.17. The summed E-state index contributed by atoms with van der Waals surface area (Å²) in [5, 5.41) is 4.05. The number of hydrazone groups is 1. The second-order valence-corrected chi connectivity index (χ2v) is 7.87. The highest BCUT2D eigenvalue weighted by Gasteiger charge is 2.09. The molecule has 0 saturated heterocycles. The van der Waals surface area contributed by atoms with Gasteiger partial charge in [0.2, 0.25) is 0 Å². The number of nitrogens with one attached hydrogen (secondary N) is 1. The summed E-state index contributed by atoms with van der Waals surface area (Å²) in [6.45, 7) is 2.41. The van der Waals surface area contributed by atoms with Crippen LogP contribution in [0.3, 0.4) is 0 Å². The van der Waals surface area contributed by atoms with Gasteiger partial charge in [-0.2, -0.15) is 5.10 Å². The zero-order valence-corrected chi connectivity index (χ0v) is 18.3. The zero-order valence-electron chi connectivity index (χ0n) is 15.2. The van der Waals surface area contributed by atoms with Crippen molar-refractivity contribution in [3.63, 3.8) is 0 Å². The van der Waals surface area contributed by atoms with Crippen LogP contribution < -0.4 is 10.2 Å². The Hall–Kier alpha value is -2.44. The first kappa shape index (κ1) is 20.3. The van der Waals surface area contributed by atoms with E-state index in [4.69, 9.17) is 4.74 Å². The van der Waals surface area contributed by atoms with Gasteiger partial charge in [-0.1, -0.05) is 48.0 Å². The van der Waals surface area contributed by atoms with Gasteiger partial charge in [0.25, 0.3) is 5.91 Å². The van der Waals surface area contributed by atoms with E-state index in [1.165, 1.54) is 0 Å². The van der Waals surface area contributed by atoms with Crippen LogP contribution in [0.25, 0.3) is 0 Å². The van der Waals surface area contributed by atoms with Gasteiger partial charge in [0.05, 0.1) is 15.2 Å². The van der Waals surface area contributed by atoms with Gasteiger partial charge < -0.3 is 4.74 Å². The number of hydrogen-bond donors (Lipinski definition) is 1. The van der Waals surface area contributed by atoms with E-state index in [0.29, 0.717) is 17.9 Å². The fourth-order valence-electron chi connectivity index (χ4n) is 2.54. The quantitative estimate of drug-likeness (QED) is 0.339. The topological polar surface area (TPSA) is 50.7 Å². The molecule has 3 rings (SSSR count). The van der Waals surface area contributed by atoms with Crippen LogP contribution in [0.1, 0.15) is 27.0 Å². The van der Waals surface area contributed by atoms with Crippen molar-refractivity contribution in [3.8, 4) is 5.75 Å². The fourth-order valence-corrected chi connectivity index (χ4v) is 3.99. The lowest BCUT2D eigenvalue weighted by Gasteiger charge is -2.11. The van der Waals surface area contributed by atoms with E-state index < -0.39 is 0 Å². The van der Waals surface area contributed by atoms with E-state index in [9.17, 15) is 4.79 Å². The minimum absolute atomic E-state index is 0.249. The number of carbonyl (C=O) groups is 1. The highest BCUT2D eigenvalue weighted by atomic mass is 79.9. The number of benzene rings is 3. The molecule has 1 N–H and O–H groups in total. The van der Waals surface area contributed by atoms with Crippen LogP contribution in [0.4, 0.5) is 0 Å². The maximum Gasteiger partial charge on any atom is 0.271 e. The van der Waals surface area contributed by atoms with Crippen LogP contribution in [0, 0.1) is 6.92 Å². The third kappa shape index (κ3) is 5.53. The Balaban J connectivity index is 1.65. The average Bonchev–Trinajstić information content (AvgIpc) is 2.68. The van der Waals surface area contributed by atoms with Crippen molar-refractivity contribution >= 4 is 44.0 Å². The van der Waals surface area contributed by atoms with Gasteiger partial charge >= 0.3 is 0 Å². The van der Waals surface area contributed by atoms with Crippen LogP contribution in [0.15, 0.2) is 80.8 Å². The monoisotopic (exact) mass is 500 g/mol. The predicted octanol–water partition coefficient (Wildman–Crippen LogP) is 5.86. The normalized spacial score (nSPS) is 10.8. The summed E-state index contributed by atoms with van der Waals surface area (Å²) in [5.41, 5.74) is 6.04. The van der Waals surface area contributed by atoms with E-state index in [-0.39, 0.29) is 5.91 Å². The number of aryl methyl sites for hydroxylation is 1. The molecule has 142 valence electrons. The van der Waals surface area contributed by atoms with Crippen molar-refractivity contribution in [1.29, 1.82) is 0 Å². The summed E-state index contributed by atoms with van der Waals surface area (Å²) >= 11 is 7.07. The lowest BCUT2D eigenvalue weighted by molar-refractivity contribution is 0.0955. The molecule has 0 bridgehead atoms. The fraction of sp³-hybridized carbons (Fsp3) is 0.0909. The minimum Gasteiger partial charge on any atom is -0.487 e. The van der Waals surface area contributed by atoms with E-state index in [1.54, 1.807) is 12.3 Å². The Morgan fingerprint density at radius 1 is 1.04 bits per heavy atom. The van der Waals surface area contributed by atoms with Gasteiger partial charge in [-0.05, 0) is 74.2 Å². The van der Waals surface area contributed by atoms with Gasteiger partial charge in [0.15, 0.2) is 0 Å². The first-order valence-corrected chi connectivity index (χ1v) is 10.2. The zero-order chi connectivity index (χ0) is 19.9. The summed E-state index contributed by atoms with van der Waals surface area (Å²) in [5.74, 6) is 0.464. The highest BCUT2D eigenvalue weighted by Crippen LogP contribution is 2.35. The first-order valence-electron chi connectivity index (χ1n) is 8.59. The molecular weight excluding hydrogens is 484 g/mol. The Kier molecular flexibility index (Phi) is 7.01. The summed E-state index contributed by atoms with van der Waals surface area (Å²) in [7, 11) is 0. The molecule has 0 atom stereocenters. The maximum absolute atomic E-state index is 12.1. The van der Waals surface area contributed by atoms with Crippen molar-refractivity contribution < 1.29 is 9.53 Å². The number of halogens is 2. The Morgan fingerprint density at radius 3 is 2.43 bits per heavy atom. The Morgan fingerprint density at radius 2 is 1.75 bits per heavy atom. The molecule has 0 spiro atoms. The average molecular weight is 502 g/mol. The summed E-state index contributed by atoms with van der Waals surface area (Å²) in [6, 6.07) is 21.1. The van der Waals surface area contributed by atoms with Crippen molar-refractivity contribution in [2.45, 2.75) is 13.5 Å². The van der Waals surface area contributed by atoms with E-state index in [2.05, 4.69) is 42.4 Å².